The number of nitriles is 1. The number of benzene rings is 2. The molecule has 0 fully saturated rings. The largest absolute Gasteiger partial charge is 0.497 e. The van der Waals surface area contributed by atoms with Gasteiger partial charge in [0.1, 0.15) is 23.6 Å². The lowest BCUT2D eigenvalue weighted by Crippen LogP contribution is -2.32. The van der Waals surface area contributed by atoms with E-state index in [1.165, 1.54) is 0 Å². The maximum atomic E-state index is 12.4. The minimum Gasteiger partial charge on any atom is -0.497 e. The van der Waals surface area contributed by atoms with Crippen molar-refractivity contribution in [2.24, 2.45) is 0 Å². The molecule has 0 saturated heterocycles. The summed E-state index contributed by atoms with van der Waals surface area (Å²) in [5, 5.41) is 14.9. The van der Waals surface area contributed by atoms with Gasteiger partial charge in [-0.05, 0) is 31.2 Å². The third-order valence-electron chi connectivity index (χ3n) is 3.48. The van der Waals surface area contributed by atoms with Gasteiger partial charge in [-0.1, -0.05) is 12.1 Å². The summed E-state index contributed by atoms with van der Waals surface area (Å²) in [6, 6.07) is 13.7. The average Bonchev–Trinajstić information content (AvgIpc) is 2.62. The molecule has 1 atom stereocenters. The van der Waals surface area contributed by atoms with Gasteiger partial charge in [0.05, 0.1) is 31.2 Å². The van der Waals surface area contributed by atoms with Crippen LogP contribution >= 0.6 is 0 Å². The molecule has 6 nitrogen and oxygen atoms in total. The van der Waals surface area contributed by atoms with Gasteiger partial charge in [0.2, 0.25) is 5.91 Å². The summed E-state index contributed by atoms with van der Waals surface area (Å²) in [5.41, 5.74) is 1.58. The Bertz CT molecular complexity index is 768. The topological polar surface area (TPSA) is 83.4 Å². The Kier molecular flexibility index (Phi) is 5.63. The van der Waals surface area contributed by atoms with Gasteiger partial charge in [-0.15, -0.1) is 0 Å². The number of nitrogens with one attached hydrogen (secondary N) is 2. The summed E-state index contributed by atoms with van der Waals surface area (Å²) in [4.78, 5) is 12.4. The molecule has 2 rings (SSSR count). The number of para-hydroxylation sites is 1. The van der Waals surface area contributed by atoms with E-state index in [9.17, 15) is 4.79 Å². The molecule has 0 aliphatic carbocycles. The van der Waals surface area contributed by atoms with Crippen molar-refractivity contribution < 1.29 is 14.3 Å². The predicted octanol–water partition coefficient (Wildman–Crippen LogP) is 3.01. The highest BCUT2D eigenvalue weighted by Crippen LogP contribution is 2.29. The van der Waals surface area contributed by atoms with Gasteiger partial charge >= 0.3 is 0 Å². The summed E-state index contributed by atoms with van der Waals surface area (Å²) in [5.74, 6) is 0.986. The van der Waals surface area contributed by atoms with Gasteiger partial charge in [-0.2, -0.15) is 5.26 Å². The Morgan fingerprint density at radius 2 is 1.88 bits per heavy atom. The Morgan fingerprint density at radius 1 is 1.12 bits per heavy atom. The number of hydrogen-bond donors (Lipinski definition) is 2. The third kappa shape index (κ3) is 3.96. The van der Waals surface area contributed by atoms with Gasteiger partial charge in [0.15, 0.2) is 0 Å². The molecule has 0 unspecified atom stereocenters. The number of rotatable bonds is 6. The van der Waals surface area contributed by atoms with Crippen LogP contribution in [0.15, 0.2) is 42.5 Å². The maximum absolute atomic E-state index is 12.4. The van der Waals surface area contributed by atoms with Crippen LogP contribution in [0.25, 0.3) is 0 Å². The van der Waals surface area contributed by atoms with E-state index in [0.29, 0.717) is 28.4 Å². The van der Waals surface area contributed by atoms with E-state index in [1.807, 2.05) is 0 Å². The maximum Gasteiger partial charge on any atom is 0.246 e. The number of anilines is 2. The van der Waals surface area contributed by atoms with Crippen molar-refractivity contribution in [2.45, 2.75) is 13.0 Å². The Hall–Kier alpha value is -3.20. The summed E-state index contributed by atoms with van der Waals surface area (Å²) >= 11 is 0. The average molecular weight is 325 g/mol. The number of hydrogen-bond acceptors (Lipinski definition) is 5. The summed E-state index contributed by atoms with van der Waals surface area (Å²) in [7, 11) is 3.12. The van der Waals surface area contributed by atoms with Gasteiger partial charge in [-0.25, -0.2) is 0 Å². The van der Waals surface area contributed by atoms with Crippen molar-refractivity contribution in [1.82, 2.24) is 0 Å². The van der Waals surface area contributed by atoms with Crippen molar-refractivity contribution in [1.29, 1.82) is 5.26 Å². The molecule has 24 heavy (non-hydrogen) atoms. The lowest BCUT2D eigenvalue weighted by Gasteiger charge is -2.18. The SMILES string of the molecule is COc1ccc(N[C@@H](C)C(=O)Nc2ccccc2C#N)c(OC)c1. The highest BCUT2D eigenvalue weighted by Gasteiger charge is 2.16. The van der Waals surface area contributed by atoms with E-state index in [2.05, 4.69) is 16.7 Å². The highest BCUT2D eigenvalue weighted by molar-refractivity contribution is 5.97. The fraction of sp³-hybridized carbons (Fsp3) is 0.222. The molecule has 6 heteroatoms. The molecule has 2 aromatic rings. The van der Waals surface area contributed by atoms with E-state index >= 15 is 0 Å². The van der Waals surface area contributed by atoms with Gasteiger partial charge in [0.25, 0.3) is 0 Å². The van der Waals surface area contributed by atoms with Crippen molar-refractivity contribution in [3.05, 3.63) is 48.0 Å². The first-order chi connectivity index (χ1) is 11.6. The lowest BCUT2D eigenvalue weighted by atomic mass is 10.2. The van der Waals surface area contributed by atoms with Crippen molar-refractivity contribution >= 4 is 17.3 Å². The van der Waals surface area contributed by atoms with Crippen LogP contribution in [-0.2, 0) is 4.79 Å². The van der Waals surface area contributed by atoms with Crippen LogP contribution in [0.2, 0.25) is 0 Å². The zero-order chi connectivity index (χ0) is 17.5. The number of methoxy groups -OCH3 is 2. The van der Waals surface area contributed by atoms with Gasteiger partial charge in [0, 0.05) is 6.07 Å². The summed E-state index contributed by atoms with van der Waals surface area (Å²) in [6.07, 6.45) is 0. The number of carbonyl (C=O) groups excluding carboxylic acids is 1. The number of ether oxygens (including phenoxy) is 2. The summed E-state index contributed by atoms with van der Waals surface area (Å²) < 4.78 is 10.5. The Morgan fingerprint density at radius 3 is 2.54 bits per heavy atom. The van der Waals surface area contributed by atoms with Crippen molar-refractivity contribution in [2.75, 3.05) is 24.9 Å². The molecule has 124 valence electrons. The number of amides is 1. The van der Waals surface area contributed by atoms with Gasteiger partial charge in [-0.3, -0.25) is 4.79 Å². The van der Waals surface area contributed by atoms with Crippen LogP contribution in [0.1, 0.15) is 12.5 Å². The van der Waals surface area contributed by atoms with E-state index in [-0.39, 0.29) is 5.91 Å². The predicted molar refractivity (Wildman–Crippen MR) is 92.4 cm³/mol. The number of nitrogens with zero attached hydrogens (tertiary/aromatic N) is 1. The lowest BCUT2D eigenvalue weighted by molar-refractivity contribution is -0.116. The first kappa shape index (κ1) is 17.2. The zero-order valence-electron chi connectivity index (χ0n) is 13.8. The first-order valence-electron chi connectivity index (χ1n) is 7.37. The fourth-order valence-corrected chi connectivity index (χ4v) is 2.15. The molecule has 0 spiro atoms. The minimum absolute atomic E-state index is 0.254. The first-order valence-corrected chi connectivity index (χ1v) is 7.37. The van der Waals surface area contributed by atoms with Crippen LogP contribution in [0.3, 0.4) is 0 Å². The molecule has 2 aromatic carbocycles. The van der Waals surface area contributed by atoms with E-state index in [4.69, 9.17) is 14.7 Å². The third-order valence-corrected chi connectivity index (χ3v) is 3.48. The van der Waals surface area contributed by atoms with Crippen molar-refractivity contribution in [3.8, 4) is 17.6 Å². The monoisotopic (exact) mass is 325 g/mol. The van der Waals surface area contributed by atoms with Crippen LogP contribution in [0, 0.1) is 11.3 Å². The second-order valence-corrected chi connectivity index (χ2v) is 5.08. The molecule has 0 aliphatic heterocycles. The minimum atomic E-state index is -0.529. The molecular weight excluding hydrogens is 306 g/mol. The van der Waals surface area contributed by atoms with E-state index < -0.39 is 6.04 Å². The molecule has 0 bridgehead atoms. The molecule has 1 amide bonds. The van der Waals surface area contributed by atoms with Crippen LogP contribution < -0.4 is 20.1 Å². The number of carbonyl (C=O) groups is 1. The molecule has 2 N–H and O–H groups in total. The molecular formula is C18H19N3O3. The molecule has 0 aliphatic rings. The second kappa shape index (κ2) is 7.88. The molecule has 0 radical (unpaired) electrons. The molecule has 0 aromatic heterocycles. The molecule has 0 saturated carbocycles. The Balaban J connectivity index is 2.11. The van der Waals surface area contributed by atoms with Crippen LogP contribution in [0.5, 0.6) is 11.5 Å². The van der Waals surface area contributed by atoms with E-state index in [1.54, 1.807) is 63.6 Å². The summed E-state index contributed by atoms with van der Waals surface area (Å²) in [6.45, 7) is 1.73. The van der Waals surface area contributed by atoms with Gasteiger partial charge < -0.3 is 20.1 Å². The van der Waals surface area contributed by atoms with E-state index in [0.717, 1.165) is 0 Å². The smallest absolute Gasteiger partial charge is 0.246 e. The van der Waals surface area contributed by atoms with Crippen LogP contribution in [0.4, 0.5) is 11.4 Å². The quantitative estimate of drug-likeness (QED) is 0.853. The highest BCUT2D eigenvalue weighted by atomic mass is 16.5. The zero-order valence-corrected chi connectivity index (χ0v) is 13.8. The second-order valence-electron chi connectivity index (χ2n) is 5.08. The Labute approximate surface area is 141 Å². The van der Waals surface area contributed by atoms with Crippen LogP contribution in [-0.4, -0.2) is 26.2 Å². The standard InChI is InChI=1S/C18H19N3O3/c1-12(18(22)21-15-7-5-4-6-13(15)11-19)20-16-9-8-14(23-2)10-17(16)24-3/h4-10,12,20H,1-3H3,(H,21,22)/t12-/m0/s1. The normalized spacial score (nSPS) is 11.1. The fourth-order valence-electron chi connectivity index (χ4n) is 2.15. The van der Waals surface area contributed by atoms with Crippen molar-refractivity contribution in [3.63, 3.8) is 0 Å². The molecule has 0 heterocycles.